The van der Waals surface area contributed by atoms with Gasteiger partial charge in [0.2, 0.25) is 0 Å². The summed E-state index contributed by atoms with van der Waals surface area (Å²) >= 11 is 1.69. The molecule has 0 aliphatic rings. The monoisotopic (exact) mass is 223 g/mol. The normalized spacial score (nSPS) is 10.7. The Kier molecular flexibility index (Phi) is 4.85. The summed E-state index contributed by atoms with van der Waals surface area (Å²) in [6.07, 6.45) is 2.03. The van der Waals surface area contributed by atoms with Crippen molar-refractivity contribution in [1.82, 2.24) is 4.90 Å². The number of hydrogen-bond acceptors (Lipinski definition) is 3. The minimum absolute atomic E-state index is 0.187. The third-order valence-corrected chi connectivity index (χ3v) is 3.11. The van der Waals surface area contributed by atoms with Gasteiger partial charge in [0.25, 0.3) is 0 Å². The van der Waals surface area contributed by atoms with E-state index in [1.807, 2.05) is 49.4 Å². The van der Waals surface area contributed by atoms with Crippen LogP contribution in [0.2, 0.25) is 0 Å². The molecule has 1 aromatic carbocycles. The van der Waals surface area contributed by atoms with Gasteiger partial charge in [-0.2, -0.15) is 0 Å². The van der Waals surface area contributed by atoms with Crippen LogP contribution >= 0.6 is 11.8 Å². The first-order valence-corrected chi connectivity index (χ1v) is 6.25. The third-order valence-electron chi connectivity index (χ3n) is 2.37. The summed E-state index contributed by atoms with van der Waals surface area (Å²) in [5.74, 6) is 0.187. The van der Waals surface area contributed by atoms with Gasteiger partial charge in [-0.1, -0.05) is 19.1 Å². The number of nitrogens with zero attached hydrogens (tertiary/aromatic N) is 1. The zero-order valence-corrected chi connectivity index (χ0v) is 10.3. The number of benzene rings is 1. The Labute approximate surface area is 95.7 Å². The molecule has 1 aromatic rings. The van der Waals surface area contributed by atoms with Crippen molar-refractivity contribution in [3.05, 3.63) is 29.8 Å². The standard InChI is InChI=1S/C12H17NOS/c1-4-13(2)9-12(14)10-5-7-11(15-3)8-6-10/h5-8H,4,9H2,1-3H3. The van der Waals surface area contributed by atoms with Crippen LogP contribution in [-0.4, -0.2) is 37.1 Å². The smallest absolute Gasteiger partial charge is 0.176 e. The molecule has 0 spiro atoms. The first-order chi connectivity index (χ1) is 7.17. The fourth-order valence-electron chi connectivity index (χ4n) is 1.23. The van der Waals surface area contributed by atoms with E-state index in [-0.39, 0.29) is 5.78 Å². The fraction of sp³-hybridized carbons (Fsp3) is 0.417. The van der Waals surface area contributed by atoms with Crippen LogP contribution in [0.3, 0.4) is 0 Å². The molecule has 3 heteroatoms. The number of hydrogen-bond donors (Lipinski definition) is 0. The van der Waals surface area contributed by atoms with Gasteiger partial charge in [0.05, 0.1) is 6.54 Å². The predicted molar refractivity (Wildman–Crippen MR) is 65.7 cm³/mol. The minimum Gasteiger partial charge on any atom is -0.299 e. The molecule has 0 amide bonds. The van der Waals surface area contributed by atoms with E-state index in [2.05, 4.69) is 0 Å². The minimum atomic E-state index is 0.187. The average Bonchev–Trinajstić information content (AvgIpc) is 2.29. The van der Waals surface area contributed by atoms with E-state index in [1.165, 1.54) is 4.90 Å². The first-order valence-electron chi connectivity index (χ1n) is 5.03. The molecule has 0 fully saturated rings. The summed E-state index contributed by atoms with van der Waals surface area (Å²) in [5.41, 5.74) is 0.799. The van der Waals surface area contributed by atoms with Crippen LogP contribution in [0.4, 0.5) is 0 Å². The van der Waals surface area contributed by atoms with Crippen molar-refractivity contribution in [3.8, 4) is 0 Å². The molecule has 0 saturated carbocycles. The summed E-state index contributed by atoms with van der Waals surface area (Å²) in [6.45, 7) is 3.44. The number of likely N-dealkylation sites (N-methyl/N-ethyl adjacent to an activating group) is 1. The summed E-state index contributed by atoms with van der Waals surface area (Å²) < 4.78 is 0. The van der Waals surface area contributed by atoms with Crippen molar-refractivity contribution >= 4 is 17.5 Å². The molecular weight excluding hydrogens is 206 g/mol. The van der Waals surface area contributed by atoms with Crippen molar-refractivity contribution in [2.45, 2.75) is 11.8 Å². The lowest BCUT2D eigenvalue weighted by atomic mass is 10.1. The molecule has 82 valence electrons. The molecule has 15 heavy (non-hydrogen) atoms. The highest BCUT2D eigenvalue weighted by atomic mass is 32.2. The van der Waals surface area contributed by atoms with Gasteiger partial charge in [0.15, 0.2) is 5.78 Å². The second-order valence-corrected chi connectivity index (χ2v) is 4.36. The quantitative estimate of drug-likeness (QED) is 0.565. The zero-order chi connectivity index (χ0) is 11.3. The van der Waals surface area contributed by atoms with Crippen LogP contribution < -0.4 is 0 Å². The molecule has 0 atom stereocenters. The SMILES string of the molecule is CCN(C)CC(=O)c1ccc(SC)cc1. The summed E-state index contributed by atoms with van der Waals surface area (Å²) in [5, 5.41) is 0. The topological polar surface area (TPSA) is 20.3 Å². The lowest BCUT2D eigenvalue weighted by Gasteiger charge is -2.12. The van der Waals surface area contributed by atoms with Crippen molar-refractivity contribution in [3.63, 3.8) is 0 Å². The predicted octanol–water partition coefficient (Wildman–Crippen LogP) is 2.54. The van der Waals surface area contributed by atoms with E-state index in [9.17, 15) is 4.79 Å². The summed E-state index contributed by atoms with van der Waals surface area (Å²) in [6, 6.07) is 7.78. The molecule has 1 rings (SSSR count). The van der Waals surface area contributed by atoms with Crippen molar-refractivity contribution in [2.24, 2.45) is 0 Å². The van der Waals surface area contributed by atoms with Gasteiger partial charge < -0.3 is 0 Å². The molecule has 0 aliphatic carbocycles. The van der Waals surface area contributed by atoms with Crippen LogP contribution in [0.5, 0.6) is 0 Å². The van der Waals surface area contributed by atoms with Gasteiger partial charge in [0, 0.05) is 10.5 Å². The van der Waals surface area contributed by atoms with E-state index in [1.54, 1.807) is 11.8 Å². The van der Waals surface area contributed by atoms with Gasteiger partial charge in [-0.25, -0.2) is 0 Å². The summed E-state index contributed by atoms with van der Waals surface area (Å²) in [7, 11) is 1.95. The molecule has 0 radical (unpaired) electrons. The van der Waals surface area contributed by atoms with Crippen LogP contribution in [0.15, 0.2) is 29.2 Å². The Bertz CT molecular complexity index is 321. The van der Waals surface area contributed by atoms with Crippen LogP contribution in [-0.2, 0) is 0 Å². The molecular formula is C12H17NOS. The first kappa shape index (κ1) is 12.3. The maximum absolute atomic E-state index is 11.8. The molecule has 0 heterocycles. The van der Waals surface area contributed by atoms with E-state index in [0.29, 0.717) is 6.54 Å². The number of carbonyl (C=O) groups excluding carboxylic acids is 1. The maximum Gasteiger partial charge on any atom is 0.176 e. The number of Topliss-reactive ketones (excluding diaryl/α,β-unsaturated/α-hetero) is 1. The van der Waals surface area contributed by atoms with Gasteiger partial charge in [-0.3, -0.25) is 9.69 Å². The van der Waals surface area contributed by atoms with Crippen LogP contribution in [0.25, 0.3) is 0 Å². The van der Waals surface area contributed by atoms with Crippen molar-refractivity contribution in [1.29, 1.82) is 0 Å². The van der Waals surface area contributed by atoms with Gasteiger partial charge in [0.1, 0.15) is 0 Å². The highest BCUT2D eigenvalue weighted by Crippen LogP contribution is 2.15. The molecule has 0 aromatic heterocycles. The lowest BCUT2D eigenvalue weighted by molar-refractivity contribution is 0.0949. The van der Waals surface area contributed by atoms with E-state index in [4.69, 9.17) is 0 Å². The second-order valence-electron chi connectivity index (χ2n) is 3.48. The number of thioether (sulfide) groups is 1. The second kappa shape index (κ2) is 5.93. The Hall–Kier alpha value is -0.800. The van der Waals surface area contributed by atoms with Crippen molar-refractivity contribution in [2.75, 3.05) is 26.4 Å². The van der Waals surface area contributed by atoms with Gasteiger partial charge >= 0.3 is 0 Å². The van der Waals surface area contributed by atoms with Gasteiger partial charge in [-0.15, -0.1) is 11.8 Å². The zero-order valence-electron chi connectivity index (χ0n) is 9.49. The van der Waals surface area contributed by atoms with Crippen molar-refractivity contribution < 1.29 is 4.79 Å². The Morgan fingerprint density at radius 3 is 2.40 bits per heavy atom. The summed E-state index contributed by atoms with van der Waals surface area (Å²) in [4.78, 5) is 15.0. The fourth-order valence-corrected chi connectivity index (χ4v) is 1.63. The Morgan fingerprint density at radius 1 is 1.33 bits per heavy atom. The lowest BCUT2D eigenvalue weighted by Crippen LogP contribution is -2.25. The highest BCUT2D eigenvalue weighted by Gasteiger charge is 2.07. The van der Waals surface area contributed by atoms with E-state index in [0.717, 1.165) is 12.1 Å². The largest absolute Gasteiger partial charge is 0.299 e. The van der Waals surface area contributed by atoms with Crippen LogP contribution in [0.1, 0.15) is 17.3 Å². The molecule has 0 unspecified atom stereocenters. The Balaban J connectivity index is 2.66. The van der Waals surface area contributed by atoms with Gasteiger partial charge in [-0.05, 0) is 32.0 Å². The highest BCUT2D eigenvalue weighted by molar-refractivity contribution is 7.98. The van der Waals surface area contributed by atoms with E-state index < -0.39 is 0 Å². The molecule has 0 saturated heterocycles. The maximum atomic E-state index is 11.8. The molecule has 0 aliphatic heterocycles. The average molecular weight is 223 g/mol. The Morgan fingerprint density at radius 2 is 1.93 bits per heavy atom. The number of carbonyl (C=O) groups is 1. The molecule has 0 N–H and O–H groups in total. The molecule has 2 nitrogen and oxygen atoms in total. The number of ketones is 1. The molecule has 0 bridgehead atoms. The van der Waals surface area contributed by atoms with Crippen LogP contribution in [0, 0.1) is 0 Å². The number of rotatable bonds is 5. The van der Waals surface area contributed by atoms with E-state index >= 15 is 0 Å². The third kappa shape index (κ3) is 3.68.